The molecule has 1 N–H and O–H groups in total. The maximum atomic E-state index is 10.9. The van der Waals surface area contributed by atoms with Crippen LogP contribution in [0.4, 0.5) is 0 Å². The zero-order chi connectivity index (χ0) is 11.4. The normalized spacial score (nSPS) is 9.75. The fraction of sp³-hybridized carbons (Fsp3) is 0.111. The standard InChI is InChI=1S/C9H7N5O2/c10-12-11-5-7-3-1-2-4-8(7)14-6-9(15)16-13-14/h1-4,6H,5H2/p+1. The number of aromatic nitrogens is 2. The Kier molecular flexibility index (Phi) is 2.71. The highest BCUT2D eigenvalue weighted by Crippen LogP contribution is 2.08. The van der Waals surface area contributed by atoms with Gasteiger partial charge < -0.3 is 0 Å². The molecule has 0 saturated heterocycles. The molecule has 0 saturated carbocycles. The number of aromatic amines is 1. The minimum atomic E-state index is -0.474. The minimum absolute atomic E-state index is 0.215. The third-order valence-electron chi connectivity index (χ3n) is 2.03. The van der Waals surface area contributed by atoms with Gasteiger partial charge in [0.15, 0.2) is 0 Å². The summed E-state index contributed by atoms with van der Waals surface area (Å²) in [6.07, 6.45) is 1.27. The summed E-state index contributed by atoms with van der Waals surface area (Å²) in [5.41, 5.74) is 9.30. The number of rotatable bonds is 3. The molecule has 0 aliphatic heterocycles. The van der Waals surface area contributed by atoms with Gasteiger partial charge in [0.05, 0.1) is 6.54 Å². The molecule has 2 rings (SSSR count). The molecule has 0 amide bonds. The fourth-order valence-electron chi connectivity index (χ4n) is 1.36. The summed E-state index contributed by atoms with van der Waals surface area (Å²) in [4.78, 5) is 13.6. The Labute approximate surface area is 89.5 Å². The van der Waals surface area contributed by atoms with Crippen LogP contribution in [0.15, 0.2) is 44.9 Å². The molecule has 7 heteroatoms. The van der Waals surface area contributed by atoms with E-state index in [1.165, 1.54) is 10.9 Å². The summed E-state index contributed by atoms with van der Waals surface area (Å²) in [5.74, 6) is 0. The number of hydrogen-bond donors (Lipinski definition) is 1. The summed E-state index contributed by atoms with van der Waals surface area (Å²) >= 11 is 0. The summed E-state index contributed by atoms with van der Waals surface area (Å²) < 4.78 is 5.99. The number of nitrogens with zero attached hydrogens (tertiary/aromatic N) is 4. The van der Waals surface area contributed by atoms with E-state index in [0.29, 0.717) is 5.69 Å². The van der Waals surface area contributed by atoms with Gasteiger partial charge in [0.1, 0.15) is 0 Å². The maximum absolute atomic E-state index is 10.9. The Hall–Kier alpha value is -2.53. The molecule has 0 atom stereocenters. The predicted octanol–water partition coefficient (Wildman–Crippen LogP) is 1.05. The Balaban J connectivity index is 2.47. The Morgan fingerprint density at radius 1 is 1.50 bits per heavy atom. The molecule has 1 heterocycles. The van der Waals surface area contributed by atoms with Crippen LogP contribution in [0.1, 0.15) is 5.56 Å². The monoisotopic (exact) mass is 218 g/mol. The maximum Gasteiger partial charge on any atom is 0.427 e. The van der Waals surface area contributed by atoms with E-state index < -0.39 is 5.63 Å². The average molecular weight is 218 g/mol. The second-order valence-corrected chi connectivity index (χ2v) is 3.03. The van der Waals surface area contributed by atoms with Crippen LogP contribution in [0.2, 0.25) is 0 Å². The molecule has 2 aromatic rings. The molecule has 80 valence electrons. The highest BCUT2D eigenvalue weighted by atomic mass is 16.5. The van der Waals surface area contributed by atoms with Crippen LogP contribution in [0.5, 0.6) is 0 Å². The highest BCUT2D eigenvalue weighted by molar-refractivity contribution is 5.32. The van der Waals surface area contributed by atoms with Gasteiger partial charge in [-0.05, 0) is 15.5 Å². The number of nitrogens with one attached hydrogen (secondary N) is 1. The SMILES string of the molecule is [N-]=[N+]=NCc1ccccc1-[n+]1cc(=O)o[nH]1. The van der Waals surface area contributed by atoms with Crippen molar-refractivity contribution in [3.05, 3.63) is 56.9 Å². The van der Waals surface area contributed by atoms with Gasteiger partial charge >= 0.3 is 5.63 Å². The van der Waals surface area contributed by atoms with Crippen molar-refractivity contribution in [1.29, 1.82) is 0 Å². The molecule has 0 spiro atoms. The topological polar surface area (TPSA) is 98.6 Å². The second-order valence-electron chi connectivity index (χ2n) is 3.03. The van der Waals surface area contributed by atoms with Gasteiger partial charge in [0.25, 0.3) is 6.20 Å². The van der Waals surface area contributed by atoms with Crippen molar-refractivity contribution in [3.63, 3.8) is 0 Å². The zero-order valence-electron chi connectivity index (χ0n) is 8.20. The fourth-order valence-corrected chi connectivity index (χ4v) is 1.36. The van der Waals surface area contributed by atoms with Crippen molar-refractivity contribution in [2.75, 3.05) is 0 Å². The van der Waals surface area contributed by atoms with Crippen molar-refractivity contribution in [2.24, 2.45) is 5.11 Å². The van der Waals surface area contributed by atoms with E-state index in [4.69, 9.17) is 5.53 Å². The summed E-state index contributed by atoms with van der Waals surface area (Å²) in [6.45, 7) is 0.215. The number of benzene rings is 1. The van der Waals surface area contributed by atoms with Crippen LogP contribution in [0.25, 0.3) is 16.1 Å². The van der Waals surface area contributed by atoms with Crippen LogP contribution in [-0.4, -0.2) is 5.27 Å². The molecule has 7 nitrogen and oxygen atoms in total. The Bertz CT molecular complexity index is 594. The van der Waals surface area contributed by atoms with Gasteiger partial charge in [-0.15, -0.1) is 0 Å². The minimum Gasteiger partial charge on any atom is -0.283 e. The van der Waals surface area contributed by atoms with Crippen molar-refractivity contribution < 1.29 is 9.20 Å². The summed E-state index contributed by atoms with van der Waals surface area (Å²) in [5, 5.41) is 5.91. The first-order valence-electron chi connectivity index (χ1n) is 4.50. The molecule has 1 aromatic carbocycles. The molecular formula is C9H8N5O2+. The van der Waals surface area contributed by atoms with Crippen LogP contribution in [0, 0.1) is 0 Å². The second kappa shape index (κ2) is 4.33. The van der Waals surface area contributed by atoms with Gasteiger partial charge in [-0.3, -0.25) is 4.52 Å². The van der Waals surface area contributed by atoms with E-state index in [0.717, 1.165) is 5.56 Å². The largest absolute Gasteiger partial charge is 0.427 e. The summed E-state index contributed by atoms with van der Waals surface area (Å²) in [7, 11) is 0. The molecule has 0 bridgehead atoms. The molecular weight excluding hydrogens is 210 g/mol. The molecule has 0 unspecified atom stereocenters. The van der Waals surface area contributed by atoms with Crippen molar-refractivity contribution in [1.82, 2.24) is 5.27 Å². The van der Waals surface area contributed by atoms with Gasteiger partial charge in [0, 0.05) is 16.5 Å². The lowest BCUT2D eigenvalue weighted by atomic mass is 10.2. The first-order valence-corrected chi connectivity index (χ1v) is 4.50. The quantitative estimate of drug-likeness (QED) is 0.360. The van der Waals surface area contributed by atoms with E-state index in [-0.39, 0.29) is 6.54 Å². The lowest BCUT2D eigenvalue weighted by Crippen LogP contribution is -2.33. The third kappa shape index (κ3) is 1.94. The van der Waals surface area contributed by atoms with Crippen LogP contribution >= 0.6 is 0 Å². The molecule has 0 fully saturated rings. The first-order chi connectivity index (χ1) is 7.81. The zero-order valence-corrected chi connectivity index (χ0v) is 8.20. The van der Waals surface area contributed by atoms with Crippen molar-refractivity contribution >= 4 is 0 Å². The number of azide groups is 1. The lowest BCUT2D eigenvalue weighted by molar-refractivity contribution is -0.670. The van der Waals surface area contributed by atoms with Crippen LogP contribution in [0.3, 0.4) is 0 Å². The highest BCUT2D eigenvalue weighted by Gasteiger charge is 2.14. The van der Waals surface area contributed by atoms with Gasteiger partial charge in [0.2, 0.25) is 5.69 Å². The molecule has 0 aliphatic rings. The molecule has 16 heavy (non-hydrogen) atoms. The van der Waals surface area contributed by atoms with Crippen molar-refractivity contribution in [3.8, 4) is 5.69 Å². The smallest absolute Gasteiger partial charge is 0.283 e. The van der Waals surface area contributed by atoms with E-state index in [2.05, 4.69) is 19.8 Å². The van der Waals surface area contributed by atoms with E-state index in [1.54, 1.807) is 6.07 Å². The number of H-pyrrole nitrogens is 1. The summed E-state index contributed by atoms with van der Waals surface area (Å²) in [6, 6.07) is 7.23. The van der Waals surface area contributed by atoms with Crippen LogP contribution < -0.4 is 10.3 Å². The van der Waals surface area contributed by atoms with Crippen LogP contribution in [-0.2, 0) is 6.54 Å². The number of hydrogen-bond acceptors (Lipinski definition) is 3. The Morgan fingerprint density at radius 2 is 2.31 bits per heavy atom. The third-order valence-corrected chi connectivity index (χ3v) is 2.03. The molecule has 0 aliphatic carbocycles. The molecule has 0 radical (unpaired) electrons. The van der Waals surface area contributed by atoms with Gasteiger partial charge in [-0.2, -0.15) is 0 Å². The lowest BCUT2D eigenvalue weighted by Gasteiger charge is -1.96. The van der Waals surface area contributed by atoms with Gasteiger partial charge in [-0.1, -0.05) is 23.3 Å². The Morgan fingerprint density at radius 3 is 3.00 bits per heavy atom. The van der Waals surface area contributed by atoms with E-state index >= 15 is 0 Å². The molecule has 1 aromatic heterocycles. The van der Waals surface area contributed by atoms with Gasteiger partial charge in [-0.25, -0.2) is 4.79 Å². The number of para-hydroxylation sites is 1. The van der Waals surface area contributed by atoms with E-state index in [1.807, 2.05) is 18.2 Å². The van der Waals surface area contributed by atoms with Crippen molar-refractivity contribution in [2.45, 2.75) is 6.54 Å². The van der Waals surface area contributed by atoms with E-state index in [9.17, 15) is 4.79 Å². The average Bonchev–Trinajstić information content (AvgIpc) is 2.73. The predicted molar refractivity (Wildman–Crippen MR) is 53.7 cm³/mol. The first kappa shape index (κ1) is 10.0.